The lowest BCUT2D eigenvalue weighted by Gasteiger charge is -2.09. The fraction of sp³-hybridized carbons (Fsp3) is 0.250. The molecule has 1 heterocycles. The molecule has 0 saturated heterocycles. The maximum atomic E-state index is 13.2. The average molecular weight is 435 g/mol. The molecule has 152 valence electrons. The zero-order chi connectivity index (χ0) is 21.0. The van der Waals surface area contributed by atoms with Crippen LogP contribution in [0.4, 0.5) is 10.1 Å². The molecule has 1 aromatic heterocycles. The van der Waals surface area contributed by atoms with Gasteiger partial charge in [0.2, 0.25) is 5.91 Å². The molecule has 0 unspecified atom stereocenters. The minimum absolute atomic E-state index is 0.00784. The summed E-state index contributed by atoms with van der Waals surface area (Å²) in [6, 6.07) is 10.0. The molecule has 0 aliphatic carbocycles. The van der Waals surface area contributed by atoms with Gasteiger partial charge in [0, 0.05) is 18.8 Å². The van der Waals surface area contributed by atoms with Crippen molar-refractivity contribution in [3.05, 3.63) is 64.2 Å². The predicted molar refractivity (Wildman–Crippen MR) is 112 cm³/mol. The molecule has 3 aromatic rings. The monoisotopic (exact) mass is 434 g/mol. The number of amides is 1. The third kappa shape index (κ3) is 5.48. The Balaban J connectivity index is 1.55. The minimum atomic E-state index is -0.504. The van der Waals surface area contributed by atoms with Crippen LogP contribution in [-0.2, 0) is 18.4 Å². The van der Waals surface area contributed by atoms with Gasteiger partial charge in [0.05, 0.1) is 10.8 Å². The van der Waals surface area contributed by atoms with Gasteiger partial charge in [-0.15, -0.1) is 10.2 Å². The smallest absolute Gasteiger partial charge is 0.234 e. The molecule has 0 fully saturated rings. The van der Waals surface area contributed by atoms with Gasteiger partial charge in [0.25, 0.3) is 0 Å². The number of aromatic nitrogens is 3. The Morgan fingerprint density at radius 1 is 1.24 bits per heavy atom. The van der Waals surface area contributed by atoms with Crippen LogP contribution < -0.4 is 10.1 Å². The van der Waals surface area contributed by atoms with E-state index in [0.29, 0.717) is 16.7 Å². The highest BCUT2D eigenvalue weighted by atomic mass is 35.5. The molecule has 0 spiro atoms. The van der Waals surface area contributed by atoms with E-state index < -0.39 is 5.82 Å². The van der Waals surface area contributed by atoms with Gasteiger partial charge in [-0.2, -0.15) is 0 Å². The number of benzene rings is 2. The summed E-state index contributed by atoms with van der Waals surface area (Å²) in [6.45, 7) is 4.11. The second-order valence-corrected chi connectivity index (χ2v) is 7.83. The molecule has 9 heteroatoms. The normalized spacial score (nSPS) is 10.8. The van der Waals surface area contributed by atoms with Gasteiger partial charge in [-0.05, 0) is 37.6 Å². The number of carbonyl (C=O) groups excluding carboxylic acids is 1. The van der Waals surface area contributed by atoms with Crippen LogP contribution >= 0.6 is 23.4 Å². The van der Waals surface area contributed by atoms with Crippen molar-refractivity contribution in [3.8, 4) is 5.75 Å². The molecule has 0 atom stereocenters. The van der Waals surface area contributed by atoms with Crippen molar-refractivity contribution < 1.29 is 13.9 Å². The number of thioether (sulfide) groups is 1. The van der Waals surface area contributed by atoms with E-state index in [2.05, 4.69) is 15.5 Å². The third-order valence-corrected chi connectivity index (χ3v) is 5.48. The van der Waals surface area contributed by atoms with Crippen LogP contribution in [0.1, 0.15) is 17.0 Å². The van der Waals surface area contributed by atoms with Crippen molar-refractivity contribution >= 4 is 35.0 Å². The SMILES string of the molecule is Cc1ccc(NC(=O)CSc2nnc(COc3ccc(F)c(Cl)c3)n2C)c(C)c1. The molecule has 0 radical (unpaired) electrons. The molecule has 29 heavy (non-hydrogen) atoms. The summed E-state index contributed by atoms with van der Waals surface area (Å²) in [5.41, 5.74) is 2.96. The van der Waals surface area contributed by atoms with Crippen LogP contribution in [0.2, 0.25) is 5.02 Å². The number of halogens is 2. The third-order valence-electron chi connectivity index (χ3n) is 4.17. The Morgan fingerprint density at radius 3 is 2.76 bits per heavy atom. The molecule has 0 aliphatic heterocycles. The van der Waals surface area contributed by atoms with Crippen LogP contribution in [0, 0.1) is 19.7 Å². The molecule has 6 nitrogen and oxygen atoms in total. The maximum Gasteiger partial charge on any atom is 0.234 e. The highest BCUT2D eigenvalue weighted by molar-refractivity contribution is 7.99. The first-order valence-corrected chi connectivity index (χ1v) is 10.2. The fourth-order valence-electron chi connectivity index (χ4n) is 2.58. The largest absolute Gasteiger partial charge is 0.486 e. The van der Waals surface area contributed by atoms with Crippen molar-refractivity contribution in [1.82, 2.24) is 14.8 Å². The number of hydrogen-bond donors (Lipinski definition) is 1. The highest BCUT2D eigenvalue weighted by Gasteiger charge is 2.13. The zero-order valence-corrected chi connectivity index (χ0v) is 17.8. The Labute approximate surface area is 177 Å². The molecular formula is C20H20ClFN4O2S. The second-order valence-electron chi connectivity index (χ2n) is 6.48. The van der Waals surface area contributed by atoms with Crippen LogP contribution in [0.25, 0.3) is 0 Å². The van der Waals surface area contributed by atoms with E-state index in [4.69, 9.17) is 16.3 Å². The zero-order valence-electron chi connectivity index (χ0n) is 16.2. The number of rotatable bonds is 7. The molecule has 1 N–H and O–H groups in total. The number of anilines is 1. The Bertz CT molecular complexity index is 1040. The number of ether oxygens (including phenoxy) is 1. The van der Waals surface area contributed by atoms with Crippen molar-refractivity contribution in [2.75, 3.05) is 11.1 Å². The van der Waals surface area contributed by atoms with Crippen LogP contribution in [0.15, 0.2) is 41.6 Å². The lowest BCUT2D eigenvalue weighted by atomic mass is 10.1. The average Bonchev–Trinajstić information content (AvgIpc) is 3.03. The standard InChI is InChI=1S/C20H20ClFN4O2S/c1-12-4-7-17(13(2)8-12)23-19(27)11-29-20-25-24-18(26(20)3)10-28-14-5-6-16(22)15(21)9-14/h4-9H,10-11H2,1-3H3,(H,23,27). The lowest BCUT2D eigenvalue weighted by Crippen LogP contribution is -2.15. The Morgan fingerprint density at radius 2 is 2.03 bits per heavy atom. The number of nitrogens with one attached hydrogen (secondary N) is 1. The van der Waals surface area contributed by atoms with E-state index in [1.807, 2.05) is 32.0 Å². The summed E-state index contributed by atoms with van der Waals surface area (Å²) in [4.78, 5) is 12.3. The fourth-order valence-corrected chi connectivity index (χ4v) is 3.48. The Kier molecular flexibility index (Phi) is 6.76. The lowest BCUT2D eigenvalue weighted by molar-refractivity contribution is -0.113. The van der Waals surface area contributed by atoms with Crippen LogP contribution in [0.5, 0.6) is 5.75 Å². The van der Waals surface area contributed by atoms with E-state index in [-0.39, 0.29) is 23.3 Å². The second kappa shape index (κ2) is 9.28. The van der Waals surface area contributed by atoms with Gasteiger partial charge in [-0.3, -0.25) is 4.79 Å². The number of carbonyl (C=O) groups is 1. The summed E-state index contributed by atoms with van der Waals surface area (Å²) in [7, 11) is 1.79. The van der Waals surface area contributed by atoms with E-state index in [1.165, 1.54) is 30.0 Å². The summed E-state index contributed by atoms with van der Waals surface area (Å²) in [5.74, 6) is 0.580. The molecule has 3 rings (SSSR count). The van der Waals surface area contributed by atoms with Gasteiger partial charge in [0.15, 0.2) is 11.0 Å². The predicted octanol–water partition coefficient (Wildman–Crippen LogP) is 4.53. The van der Waals surface area contributed by atoms with E-state index in [1.54, 1.807) is 11.6 Å². The van der Waals surface area contributed by atoms with E-state index >= 15 is 0 Å². The summed E-state index contributed by atoms with van der Waals surface area (Å²) in [6.07, 6.45) is 0. The van der Waals surface area contributed by atoms with Crippen molar-refractivity contribution in [2.24, 2.45) is 7.05 Å². The minimum Gasteiger partial charge on any atom is -0.486 e. The molecular weight excluding hydrogens is 415 g/mol. The van der Waals surface area contributed by atoms with Gasteiger partial charge in [0.1, 0.15) is 18.2 Å². The quantitative estimate of drug-likeness (QED) is 0.553. The maximum absolute atomic E-state index is 13.2. The van der Waals surface area contributed by atoms with Gasteiger partial charge in [-0.1, -0.05) is 41.1 Å². The van der Waals surface area contributed by atoms with Crippen molar-refractivity contribution in [3.63, 3.8) is 0 Å². The first kappa shape index (κ1) is 21.1. The molecule has 1 amide bonds. The number of nitrogens with zero attached hydrogens (tertiary/aromatic N) is 3. The first-order chi connectivity index (χ1) is 13.8. The van der Waals surface area contributed by atoms with Gasteiger partial charge < -0.3 is 14.6 Å². The van der Waals surface area contributed by atoms with Gasteiger partial charge >= 0.3 is 0 Å². The first-order valence-electron chi connectivity index (χ1n) is 8.79. The summed E-state index contributed by atoms with van der Waals surface area (Å²) >= 11 is 7.03. The number of hydrogen-bond acceptors (Lipinski definition) is 5. The van der Waals surface area contributed by atoms with Crippen molar-refractivity contribution in [2.45, 2.75) is 25.6 Å². The molecule has 0 bridgehead atoms. The van der Waals surface area contributed by atoms with Crippen LogP contribution in [0.3, 0.4) is 0 Å². The Hall–Kier alpha value is -2.58. The molecule has 2 aromatic carbocycles. The summed E-state index contributed by atoms with van der Waals surface area (Å²) in [5, 5.41) is 11.7. The van der Waals surface area contributed by atoms with Gasteiger partial charge in [-0.25, -0.2) is 4.39 Å². The van der Waals surface area contributed by atoms with Crippen molar-refractivity contribution in [1.29, 1.82) is 0 Å². The van der Waals surface area contributed by atoms with E-state index in [9.17, 15) is 9.18 Å². The van der Waals surface area contributed by atoms with Crippen LogP contribution in [-0.4, -0.2) is 26.4 Å². The molecule has 0 saturated carbocycles. The molecule has 0 aliphatic rings. The van der Waals surface area contributed by atoms with E-state index in [0.717, 1.165) is 16.8 Å². The topological polar surface area (TPSA) is 69.0 Å². The summed E-state index contributed by atoms with van der Waals surface area (Å²) < 4.78 is 20.5. The highest BCUT2D eigenvalue weighted by Crippen LogP contribution is 2.23. The number of aryl methyl sites for hydroxylation is 2.